The number of aromatic nitrogens is 4. The van der Waals surface area contributed by atoms with E-state index in [0.29, 0.717) is 22.6 Å². The second-order valence-corrected chi connectivity index (χ2v) is 4.98. The Labute approximate surface area is 137 Å². The fraction of sp³-hybridized carbons (Fsp3) is 0.0625. The quantitative estimate of drug-likeness (QED) is 0.729. The van der Waals surface area contributed by atoms with Crippen molar-refractivity contribution in [2.24, 2.45) is 5.73 Å². The number of amides is 2. The number of hydrogen-bond donors (Lipinski definition) is 2. The molecule has 8 heteroatoms. The van der Waals surface area contributed by atoms with E-state index >= 15 is 0 Å². The van der Waals surface area contributed by atoms with Gasteiger partial charge in [0.1, 0.15) is 6.54 Å². The van der Waals surface area contributed by atoms with E-state index in [2.05, 4.69) is 20.7 Å². The van der Waals surface area contributed by atoms with E-state index in [9.17, 15) is 9.59 Å². The number of benzene rings is 2. The van der Waals surface area contributed by atoms with Crippen molar-refractivity contribution in [2.45, 2.75) is 6.54 Å². The third kappa shape index (κ3) is 3.43. The van der Waals surface area contributed by atoms with Crippen LogP contribution in [0.15, 0.2) is 54.6 Å². The maximum absolute atomic E-state index is 12.3. The summed E-state index contributed by atoms with van der Waals surface area (Å²) in [6, 6.07) is 15.9. The summed E-state index contributed by atoms with van der Waals surface area (Å²) in [6.07, 6.45) is 0. The molecular formula is C16H14N6O2. The van der Waals surface area contributed by atoms with Crippen LogP contribution in [-0.4, -0.2) is 32.0 Å². The summed E-state index contributed by atoms with van der Waals surface area (Å²) in [5, 5.41) is 14.6. The van der Waals surface area contributed by atoms with Crippen molar-refractivity contribution >= 4 is 17.5 Å². The Balaban J connectivity index is 1.87. The molecule has 0 unspecified atom stereocenters. The number of hydrogen-bond acceptors (Lipinski definition) is 5. The summed E-state index contributed by atoms with van der Waals surface area (Å²) in [5.41, 5.74) is 6.79. The Kier molecular flexibility index (Phi) is 4.28. The Hall–Kier alpha value is -3.55. The van der Waals surface area contributed by atoms with Crippen LogP contribution in [0.5, 0.6) is 0 Å². The van der Waals surface area contributed by atoms with Crippen LogP contribution in [0.3, 0.4) is 0 Å². The number of primary amides is 1. The van der Waals surface area contributed by atoms with E-state index in [1.807, 2.05) is 6.07 Å². The van der Waals surface area contributed by atoms with Gasteiger partial charge in [-0.05, 0) is 29.5 Å². The Morgan fingerprint density at radius 1 is 1.04 bits per heavy atom. The summed E-state index contributed by atoms with van der Waals surface area (Å²) in [6.45, 7) is -0.161. The van der Waals surface area contributed by atoms with Crippen molar-refractivity contribution in [3.8, 4) is 11.4 Å². The van der Waals surface area contributed by atoms with Crippen LogP contribution in [0, 0.1) is 0 Å². The highest BCUT2D eigenvalue weighted by Gasteiger charge is 2.14. The number of rotatable bonds is 5. The number of carbonyl (C=O) groups is 2. The summed E-state index contributed by atoms with van der Waals surface area (Å²) in [5.74, 6) is -0.516. The minimum Gasteiger partial charge on any atom is -0.368 e. The van der Waals surface area contributed by atoms with Crippen LogP contribution >= 0.6 is 0 Å². The Morgan fingerprint density at radius 3 is 2.50 bits per heavy atom. The molecule has 3 aromatic rings. The zero-order valence-electron chi connectivity index (χ0n) is 12.6. The van der Waals surface area contributed by atoms with Gasteiger partial charge in [-0.2, -0.15) is 4.80 Å². The highest BCUT2D eigenvalue weighted by atomic mass is 16.2. The number of tetrazole rings is 1. The highest BCUT2D eigenvalue weighted by molar-refractivity contribution is 6.05. The first-order valence-electron chi connectivity index (χ1n) is 7.15. The van der Waals surface area contributed by atoms with E-state index < -0.39 is 5.91 Å². The lowest BCUT2D eigenvalue weighted by molar-refractivity contribution is -0.118. The van der Waals surface area contributed by atoms with E-state index in [0.717, 1.165) is 4.80 Å². The molecule has 0 bridgehead atoms. The van der Waals surface area contributed by atoms with Gasteiger partial charge in [0.05, 0.1) is 5.69 Å². The van der Waals surface area contributed by atoms with Crippen LogP contribution in [0.2, 0.25) is 0 Å². The van der Waals surface area contributed by atoms with E-state index in [1.54, 1.807) is 48.5 Å². The average Bonchev–Trinajstić information content (AvgIpc) is 3.03. The van der Waals surface area contributed by atoms with Gasteiger partial charge < -0.3 is 11.1 Å². The lowest BCUT2D eigenvalue weighted by atomic mass is 10.1. The molecule has 0 aliphatic heterocycles. The predicted octanol–water partition coefficient (Wildman–Crippen LogP) is 1.08. The smallest absolute Gasteiger partial charge is 0.255 e. The molecule has 0 fully saturated rings. The van der Waals surface area contributed by atoms with E-state index in [4.69, 9.17) is 5.73 Å². The number of carbonyl (C=O) groups excluding carboxylic acids is 2. The van der Waals surface area contributed by atoms with E-state index in [-0.39, 0.29) is 12.5 Å². The normalized spacial score (nSPS) is 10.3. The minimum atomic E-state index is -0.565. The Morgan fingerprint density at radius 2 is 1.75 bits per heavy atom. The van der Waals surface area contributed by atoms with Crippen LogP contribution in [0.4, 0.5) is 5.69 Å². The van der Waals surface area contributed by atoms with Crippen molar-refractivity contribution in [2.75, 3.05) is 5.32 Å². The van der Waals surface area contributed by atoms with Crippen LogP contribution in [0.25, 0.3) is 11.4 Å². The van der Waals surface area contributed by atoms with Crippen molar-refractivity contribution in [3.63, 3.8) is 0 Å². The average molecular weight is 322 g/mol. The van der Waals surface area contributed by atoms with Crippen LogP contribution < -0.4 is 11.1 Å². The van der Waals surface area contributed by atoms with Gasteiger partial charge >= 0.3 is 0 Å². The van der Waals surface area contributed by atoms with Gasteiger partial charge in [-0.3, -0.25) is 9.59 Å². The number of nitrogens with one attached hydrogen (secondary N) is 1. The minimum absolute atomic E-state index is 0.161. The first-order chi connectivity index (χ1) is 11.6. The lowest BCUT2D eigenvalue weighted by Crippen LogP contribution is -2.20. The number of nitrogens with zero attached hydrogens (tertiary/aromatic N) is 4. The molecule has 0 saturated carbocycles. The molecule has 0 radical (unpaired) electrons. The molecule has 2 aromatic carbocycles. The van der Waals surface area contributed by atoms with Gasteiger partial charge in [-0.15, -0.1) is 10.2 Å². The zero-order valence-corrected chi connectivity index (χ0v) is 12.6. The molecule has 0 spiro atoms. The van der Waals surface area contributed by atoms with Gasteiger partial charge in [0.15, 0.2) is 0 Å². The molecule has 3 rings (SSSR count). The molecule has 3 N–H and O–H groups in total. The summed E-state index contributed by atoms with van der Waals surface area (Å²) >= 11 is 0. The summed E-state index contributed by atoms with van der Waals surface area (Å²) < 4.78 is 0. The van der Waals surface area contributed by atoms with Gasteiger partial charge in [0.25, 0.3) is 5.91 Å². The molecule has 2 amide bonds. The molecule has 24 heavy (non-hydrogen) atoms. The maximum Gasteiger partial charge on any atom is 0.255 e. The summed E-state index contributed by atoms with van der Waals surface area (Å²) in [4.78, 5) is 24.3. The molecule has 1 heterocycles. The van der Waals surface area contributed by atoms with Gasteiger partial charge in [-0.1, -0.05) is 30.3 Å². The molecule has 1 aromatic heterocycles. The Bertz CT molecular complexity index is 875. The fourth-order valence-electron chi connectivity index (χ4n) is 2.13. The SMILES string of the molecule is NC(=O)Cn1nnc(-c2ccccc2NC(=O)c2ccccc2)n1. The first-order valence-corrected chi connectivity index (χ1v) is 7.15. The molecular weight excluding hydrogens is 308 g/mol. The van der Waals surface area contributed by atoms with Crippen molar-refractivity contribution in [1.29, 1.82) is 0 Å². The largest absolute Gasteiger partial charge is 0.368 e. The highest BCUT2D eigenvalue weighted by Crippen LogP contribution is 2.24. The van der Waals surface area contributed by atoms with Crippen LogP contribution in [0.1, 0.15) is 10.4 Å². The van der Waals surface area contributed by atoms with Crippen LogP contribution in [-0.2, 0) is 11.3 Å². The second-order valence-electron chi connectivity index (χ2n) is 4.98. The molecule has 0 saturated heterocycles. The van der Waals surface area contributed by atoms with Gasteiger partial charge in [0.2, 0.25) is 11.7 Å². The predicted molar refractivity (Wildman–Crippen MR) is 86.8 cm³/mol. The molecule has 120 valence electrons. The standard InChI is InChI=1S/C16H14N6O2/c17-14(23)10-22-20-15(19-21-22)12-8-4-5-9-13(12)18-16(24)11-6-2-1-3-7-11/h1-9H,10H2,(H2,17,23)(H,18,24). The van der Waals surface area contributed by atoms with Gasteiger partial charge in [-0.25, -0.2) is 0 Å². The third-order valence-corrected chi connectivity index (χ3v) is 3.20. The number of anilines is 1. The topological polar surface area (TPSA) is 116 Å². The maximum atomic E-state index is 12.3. The zero-order chi connectivity index (χ0) is 16.9. The molecule has 8 nitrogen and oxygen atoms in total. The van der Waals surface area contributed by atoms with E-state index in [1.165, 1.54) is 0 Å². The molecule has 0 aliphatic carbocycles. The van der Waals surface area contributed by atoms with Gasteiger partial charge in [0, 0.05) is 11.1 Å². The molecule has 0 atom stereocenters. The lowest BCUT2D eigenvalue weighted by Gasteiger charge is -2.08. The summed E-state index contributed by atoms with van der Waals surface area (Å²) in [7, 11) is 0. The number of para-hydroxylation sites is 1. The second kappa shape index (κ2) is 6.69. The van der Waals surface area contributed by atoms with Crippen molar-refractivity contribution < 1.29 is 9.59 Å². The number of nitrogens with two attached hydrogens (primary N) is 1. The molecule has 0 aliphatic rings. The van der Waals surface area contributed by atoms with Crippen molar-refractivity contribution in [1.82, 2.24) is 20.2 Å². The van der Waals surface area contributed by atoms with Crippen molar-refractivity contribution in [3.05, 3.63) is 60.2 Å². The first kappa shape index (κ1) is 15.3. The fourth-order valence-corrected chi connectivity index (χ4v) is 2.13. The third-order valence-electron chi connectivity index (χ3n) is 3.20. The monoisotopic (exact) mass is 322 g/mol.